The molecule has 1 aromatic rings. The molecular formula is C12H14O. The highest BCUT2D eigenvalue weighted by Gasteiger charge is 2.30. The monoisotopic (exact) mass is 174 g/mol. The summed E-state index contributed by atoms with van der Waals surface area (Å²) in [6, 6.07) is 8.21. The molecule has 1 aliphatic rings. The van der Waals surface area contributed by atoms with E-state index in [9.17, 15) is 0 Å². The van der Waals surface area contributed by atoms with Crippen LogP contribution in [0.4, 0.5) is 0 Å². The van der Waals surface area contributed by atoms with Gasteiger partial charge in [-0.25, -0.2) is 0 Å². The summed E-state index contributed by atoms with van der Waals surface area (Å²) in [6.45, 7) is 8.15. The van der Waals surface area contributed by atoms with Crippen LogP contribution in [-0.2, 0) is 0 Å². The summed E-state index contributed by atoms with van der Waals surface area (Å²) < 4.78 is 5.78. The van der Waals surface area contributed by atoms with Crippen LogP contribution >= 0.6 is 0 Å². The van der Waals surface area contributed by atoms with Gasteiger partial charge in [0.2, 0.25) is 0 Å². The zero-order chi connectivity index (χ0) is 9.42. The van der Waals surface area contributed by atoms with Crippen molar-refractivity contribution >= 4 is 0 Å². The highest BCUT2D eigenvalue weighted by molar-refractivity contribution is 5.42. The molecule has 0 fully saturated rings. The molecule has 0 saturated heterocycles. The minimum Gasteiger partial charge on any atom is -0.485 e. The van der Waals surface area contributed by atoms with Gasteiger partial charge in [-0.15, -0.1) is 0 Å². The van der Waals surface area contributed by atoms with E-state index in [0.717, 1.165) is 11.3 Å². The SMILES string of the molecule is C=C(C)C1Oc2ccccc2C1C. The largest absolute Gasteiger partial charge is 0.485 e. The summed E-state index contributed by atoms with van der Waals surface area (Å²) in [5, 5.41) is 0. The number of ether oxygens (including phenoxy) is 1. The van der Waals surface area contributed by atoms with E-state index in [1.807, 2.05) is 19.1 Å². The Kier molecular flexibility index (Phi) is 1.87. The Balaban J connectivity index is 2.38. The zero-order valence-corrected chi connectivity index (χ0v) is 8.08. The van der Waals surface area contributed by atoms with Crippen LogP contribution in [-0.4, -0.2) is 6.10 Å². The maximum atomic E-state index is 5.78. The third-order valence-electron chi connectivity index (χ3n) is 2.60. The second-order valence-electron chi connectivity index (χ2n) is 3.71. The third-order valence-corrected chi connectivity index (χ3v) is 2.60. The molecule has 13 heavy (non-hydrogen) atoms. The van der Waals surface area contributed by atoms with Crippen LogP contribution in [0.2, 0.25) is 0 Å². The fourth-order valence-electron chi connectivity index (χ4n) is 1.89. The van der Waals surface area contributed by atoms with Gasteiger partial charge in [-0.1, -0.05) is 31.7 Å². The minimum absolute atomic E-state index is 0.164. The topological polar surface area (TPSA) is 9.23 Å². The Morgan fingerprint density at radius 3 is 2.69 bits per heavy atom. The fraction of sp³-hybridized carbons (Fsp3) is 0.333. The Bertz CT molecular complexity index is 341. The molecule has 0 saturated carbocycles. The van der Waals surface area contributed by atoms with Crippen molar-refractivity contribution in [1.82, 2.24) is 0 Å². The molecule has 1 aromatic carbocycles. The molecule has 0 aromatic heterocycles. The molecular weight excluding hydrogens is 160 g/mol. The highest BCUT2D eigenvalue weighted by Crippen LogP contribution is 2.39. The lowest BCUT2D eigenvalue weighted by atomic mass is 9.94. The van der Waals surface area contributed by atoms with Crippen LogP contribution in [0.3, 0.4) is 0 Å². The lowest BCUT2D eigenvalue weighted by Gasteiger charge is -2.14. The second kappa shape index (κ2) is 2.91. The third kappa shape index (κ3) is 1.24. The van der Waals surface area contributed by atoms with Crippen molar-refractivity contribution in [2.24, 2.45) is 0 Å². The van der Waals surface area contributed by atoms with E-state index in [1.165, 1.54) is 5.56 Å². The Morgan fingerprint density at radius 1 is 1.38 bits per heavy atom. The van der Waals surface area contributed by atoms with E-state index in [2.05, 4.69) is 25.6 Å². The molecule has 1 nitrogen and oxygen atoms in total. The highest BCUT2D eigenvalue weighted by atomic mass is 16.5. The van der Waals surface area contributed by atoms with Crippen molar-refractivity contribution in [3.8, 4) is 5.75 Å². The van der Waals surface area contributed by atoms with Gasteiger partial charge in [0.15, 0.2) is 0 Å². The number of rotatable bonds is 1. The summed E-state index contributed by atoms with van der Waals surface area (Å²) in [4.78, 5) is 0. The first-order valence-electron chi connectivity index (χ1n) is 4.61. The number of fused-ring (bicyclic) bond motifs is 1. The van der Waals surface area contributed by atoms with Crippen LogP contribution in [0.5, 0.6) is 5.75 Å². The van der Waals surface area contributed by atoms with Crippen molar-refractivity contribution in [3.63, 3.8) is 0 Å². The predicted molar refractivity (Wildman–Crippen MR) is 54.1 cm³/mol. The van der Waals surface area contributed by atoms with Crippen LogP contribution in [0, 0.1) is 0 Å². The Hall–Kier alpha value is -1.24. The molecule has 0 spiro atoms. The Labute approximate surface area is 79.0 Å². The first-order valence-corrected chi connectivity index (χ1v) is 4.61. The van der Waals surface area contributed by atoms with Gasteiger partial charge in [-0.05, 0) is 18.6 Å². The number of hydrogen-bond acceptors (Lipinski definition) is 1. The smallest absolute Gasteiger partial charge is 0.126 e. The first kappa shape index (κ1) is 8.36. The second-order valence-corrected chi connectivity index (χ2v) is 3.71. The van der Waals surface area contributed by atoms with Gasteiger partial charge >= 0.3 is 0 Å². The molecule has 2 unspecified atom stereocenters. The van der Waals surface area contributed by atoms with E-state index in [1.54, 1.807) is 0 Å². The van der Waals surface area contributed by atoms with Crippen molar-refractivity contribution in [2.75, 3.05) is 0 Å². The van der Waals surface area contributed by atoms with Crippen LogP contribution in [0.25, 0.3) is 0 Å². The number of benzene rings is 1. The van der Waals surface area contributed by atoms with Gasteiger partial charge in [0.25, 0.3) is 0 Å². The van der Waals surface area contributed by atoms with E-state index >= 15 is 0 Å². The van der Waals surface area contributed by atoms with Gasteiger partial charge < -0.3 is 4.74 Å². The molecule has 1 heterocycles. The van der Waals surface area contributed by atoms with Crippen LogP contribution in [0.1, 0.15) is 25.3 Å². The molecule has 1 aliphatic heterocycles. The van der Waals surface area contributed by atoms with Crippen molar-refractivity contribution < 1.29 is 4.74 Å². The molecule has 2 atom stereocenters. The van der Waals surface area contributed by atoms with E-state index < -0.39 is 0 Å². The standard InChI is InChI=1S/C12H14O/c1-8(2)12-9(3)10-6-4-5-7-11(10)13-12/h4-7,9,12H,1H2,2-3H3. The quantitative estimate of drug-likeness (QED) is 0.594. The van der Waals surface area contributed by atoms with Crippen molar-refractivity contribution in [1.29, 1.82) is 0 Å². The number of para-hydroxylation sites is 1. The summed E-state index contributed by atoms with van der Waals surface area (Å²) in [5.74, 6) is 1.46. The van der Waals surface area contributed by atoms with Gasteiger partial charge in [0.1, 0.15) is 11.9 Å². The molecule has 0 aliphatic carbocycles. The molecule has 68 valence electrons. The zero-order valence-electron chi connectivity index (χ0n) is 8.08. The lowest BCUT2D eigenvalue weighted by molar-refractivity contribution is 0.249. The van der Waals surface area contributed by atoms with Gasteiger partial charge in [0.05, 0.1) is 0 Å². The maximum absolute atomic E-state index is 5.78. The van der Waals surface area contributed by atoms with E-state index in [0.29, 0.717) is 5.92 Å². The molecule has 2 rings (SSSR count). The minimum atomic E-state index is 0.164. The average molecular weight is 174 g/mol. The summed E-state index contributed by atoms with van der Waals surface area (Å²) in [6.07, 6.45) is 0.164. The molecule has 0 N–H and O–H groups in total. The summed E-state index contributed by atoms with van der Waals surface area (Å²) in [5.41, 5.74) is 2.40. The van der Waals surface area contributed by atoms with Crippen LogP contribution in [0.15, 0.2) is 36.4 Å². The van der Waals surface area contributed by atoms with E-state index in [4.69, 9.17) is 4.74 Å². The van der Waals surface area contributed by atoms with Crippen molar-refractivity contribution in [3.05, 3.63) is 42.0 Å². The average Bonchev–Trinajstić information content (AvgIpc) is 2.45. The lowest BCUT2D eigenvalue weighted by Crippen LogP contribution is -2.17. The summed E-state index contributed by atoms with van der Waals surface area (Å²) in [7, 11) is 0. The maximum Gasteiger partial charge on any atom is 0.126 e. The van der Waals surface area contributed by atoms with E-state index in [-0.39, 0.29) is 6.10 Å². The van der Waals surface area contributed by atoms with Crippen LogP contribution < -0.4 is 4.74 Å². The fourth-order valence-corrected chi connectivity index (χ4v) is 1.89. The predicted octanol–water partition coefficient (Wildman–Crippen LogP) is 3.13. The molecule has 0 bridgehead atoms. The normalized spacial score (nSPS) is 25.1. The van der Waals surface area contributed by atoms with Crippen molar-refractivity contribution in [2.45, 2.75) is 25.9 Å². The number of hydrogen-bond donors (Lipinski definition) is 0. The Morgan fingerprint density at radius 2 is 2.08 bits per heavy atom. The summed E-state index contributed by atoms with van der Waals surface area (Å²) >= 11 is 0. The first-order chi connectivity index (χ1) is 6.20. The molecule has 1 heteroatoms. The van der Waals surface area contributed by atoms with Gasteiger partial charge in [-0.3, -0.25) is 0 Å². The molecule has 0 amide bonds. The molecule has 0 radical (unpaired) electrons. The van der Waals surface area contributed by atoms with Gasteiger partial charge in [0, 0.05) is 11.5 Å². The van der Waals surface area contributed by atoms with Gasteiger partial charge in [-0.2, -0.15) is 0 Å².